The van der Waals surface area contributed by atoms with Crippen molar-refractivity contribution in [2.75, 3.05) is 11.5 Å². The molecule has 2 aromatic carbocycles. The minimum absolute atomic E-state index is 0.0659. The summed E-state index contributed by atoms with van der Waals surface area (Å²) in [5.41, 5.74) is 1.42. The first kappa shape index (κ1) is 17.7. The van der Waals surface area contributed by atoms with Gasteiger partial charge in [0.15, 0.2) is 0 Å². The summed E-state index contributed by atoms with van der Waals surface area (Å²) in [6.45, 7) is 4.34. The van der Waals surface area contributed by atoms with Crippen LogP contribution >= 0.6 is 11.6 Å². The number of carbonyl (C=O) groups excluding carboxylic acids is 3. The molecule has 6 nitrogen and oxygen atoms in total. The van der Waals surface area contributed by atoms with E-state index in [4.69, 9.17) is 16.4 Å². The van der Waals surface area contributed by atoms with Crippen molar-refractivity contribution in [3.8, 4) is 0 Å². The number of nitrogens with zero attached hydrogens (tertiary/aromatic N) is 2. The summed E-state index contributed by atoms with van der Waals surface area (Å²) in [4.78, 5) is 44.0. The summed E-state index contributed by atoms with van der Waals surface area (Å²) in [5.74, 6) is -0.840. The zero-order valence-corrected chi connectivity index (χ0v) is 15.6. The minimum atomic E-state index is -0.526. The molecule has 0 aromatic heterocycles. The summed E-state index contributed by atoms with van der Waals surface area (Å²) in [6.07, 6.45) is 0. The highest BCUT2D eigenvalue weighted by molar-refractivity contribution is 6.36. The van der Waals surface area contributed by atoms with Crippen molar-refractivity contribution in [1.82, 2.24) is 5.06 Å². The van der Waals surface area contributed by atoms with E-state index in [-0.39, 0.29) is 11.8 Å². The first-order valence-corrected chi connectivity index (χ1v) is 8.88. The third kappa shape index (κ3) is 2.91. The lowest BCUT2D eigenvalue weighted by Crippen LogP contribution is -2.30. The van der Waals surface area contributed by atoms with Crippen LogP contribution in [0.5, 0.6) is 0 Å². The van der Waals surface area contributed by atoms with Gasteiger partial charge in [-0.2, -0.15) is 0 Å². The van der Waals surface area contributed by atoms with Gasteiger partial charge < -0.3 is 0 Å². The third-order valence-corrected chi connectivity index (χ3v) is 4.99. The SMILES string of the molecule is CC1(C)CON(Cc2ccc(N3C(=O)c4ccc(Cl)cc4C3=O)cc2)C1=O. The van der Waals surface area contributed by atoms with Gasteiger partial charge >= 0.3 is 0 Å². The summed E-state index contributed by atoms with van der Waals surface area (Å²) in [6, 6.07) is 11.6. The van der Waals surface area contributed by atoms with E-state index in [2.05, 4.69) is 0 Å². The lowest BCUT2D eigenvalue weighted by atomic mass is 9.95. The van der Waals surface area contributed by atoms with Crippen molar-refractivity contribution in [3.63, 3.8) is 0 Å². The van der Waals surface area contributed by atoms with Crippen LogP contribution in [0.1, 0.15) is 40.1 Å². The molecular weight excluding hydrogens is 368 g/mol. The van der Waals surface area contributed by atoms with Gasteiger partial charge in [-0.3, -0.25) is 19.2 Å². The summed E-state index contributed by atoms with van der Waals surface area (Å²) < 4.78 is 0. The molecule has 2 aliphatic heterocycles. The van der Waals surface area contributed by atoms with Gasteiger partial charge in [-0.25, -0.2) is 9.96 Å². The molecule has 2 aromatic rings. The van der Waals surface area contributed by atoms with Crippen molar-refractivity contribution >= 4 is 35.0 Å². The van der Waals surface area contributed by atoms with Crippen LogP contribution in [-0.4, -0.2) is 29.4 Å². The van der Waals surface area contributed by atoms with Crippen molar-refractivity contribution in [1.29, 1.82) is 0 Å². The van der Waals surface area contributed by atoms with Crippen LogP contribution in [0, 0.1) is 5.41 Å². The van der Waals surface area contributed by atoms with Gasteiger partial charge in [0.1, 0.15) is 0 Å². The fraction of sp³-hybridized carbons (Fsp3) is 0.250. The molecule has 0 bridgehead atoms. The van der Waals surface area contributed by atoms with E-state index in [1.165, 1.54) is 11.1 Å². The maximum Gasteiger partial charge on any atom is 0.266 e. The number of anilines is 1. The second kappa shape index (κ2) is 6.18. The summed E-state index contributed by atoms with van der Waals surface area (Å²) in [5, 5.41) is 1.75. The largest absolute Gasteiger partial charge is 0.272 e. The van der Waals surface area contributed by atoms with Gasteiger partial charge in [-0.15, -0.1) is 0 Å². The summed E-state index contributed by atoms with van der Waals surface area (Å²) >= 11 is 5.94. The first-order valence-electron chi connectivity index (χ1n) is 8.50. The number of rotatable bonds is 3. The third-order valence-electron chi connectivity index (χ3n) is 4.76. The Bertz CT molecular complexity index is 968. The lowest BCUT2D eigenvalue weighted by molar-refractivity contribution is -0.165. The quantitative estimate of drug-likeness (QED) is 0.760. The van der Waals surface area contributed by atoms with Crippen LogP contribution < -0.4 is 4.90 Å². The molecule has 3 amide bonds. The van der Waals surface area contributed by atoms with Gasteiger partial charge in [0.25, 0.3) is 17.7 Å². The number of benzene rings is 2. The smallest absolute Gasteiger partial charge is 0.266 e. The Morgan fingerprint density at radius 3 is 2.30 bits per heavy atom. The number of fused-ring (bicyclic) bond motifs is 1. The van der Waals surface area contributed by atoms with Crippen LogP contribution in [0.2, 0.25) is 5.02 Å². The fourth-order valence-corrected chi connectivity index (χ4v) is 3.35. The molecule has 27 heavy (non-hydrogen) atoms. The maximum absolute atomic E-state index is 12.6. The van der Waals surface area contributed by atoms with Crippen molar-refractivity contribution < 1.29 is 19.2 Å². The molecule has 0 unspecified atom stereocenters. The molecule has 1 saturated heterocycles. The topological polar surface area (TPSA) is 66.9 Å². The van der Waals surface area contributed by atoms with E-state index in [9.17, 15) is 14.4 Å². The monoisotopic (exact) mass is 384 g/mol. The molecule has 4 rings (SSSR count). The molecule has 138 valence electrons. The zero-order valence-electron chi connectivity index (χ0n) is 14.9. The molecule has 0 spiro atoms. The van der Waals surface area contributed by atoms with Gasteiger partial charge in [0, 0.05) is 5.02 Å². The van der Waals surface area contributed by atoms with Crippen LogP contribution in [0.15, 0.2) is 42.5 Å². The lowest BCUT2D eigenvalue weighted by Gasteiger charge is -2.18. The van der Waals surface area contributed by atoms with Crippen molar-refractivity contribution in [2.24, 2.45) is 5.41 Å². The molecule has 0 N–H and O–H groups in total. The number of hydroxylamine groups is 2. The van der Waals surface area contributed by atoms with Gasteiger partial charge in [0.2, 0.25) is 0 Å². The minimum Gasteiger partial charge on any atom is -0.272 e. The Hall–Kier alpha value is -2.70. The van der Waals surface area contributed by atoms with Crippen LogP contribution in [-0.2, 0) is 16.2 Å². The molecule has 1 fully saturated rings. The van der Waals surface area contributed by atoms with Crippen molar-refractivity contribution in [2.45, 2.75) is 20.4 Å². The predicted molar refractivity (Wildman–Crippen MR) is 99.3 cm³/mol. The van der Waals surface area contributed by atoms with E-state index >= 15 is 0 Å². The fourth-order valence-electron chi connectivity index (χ4n) is 3.18. The number of hydrogen-bond donors (Lipinski definition) is 0. The molecule has 0 aliphatic carbocycles. The van der Waals surface area contributed by atoms with E-state index in [0.29, 0.717) is 35.0 Å². The van der Waals surface area contributed by atoms with Crippen LogP contribution in [0.3, 0.4) is 0 Å². The normalized spacial score (nSPS) is 18.4. The summed E-state index contributed by atoms with van der Waals surface area (Å²) in [7, 11) is 0. The maximum atomic E-state index is 12.6. The number of hydrogen-bond acceptors (Lipinski definition) is 4. The Kier molecular flexibility index (Phi) is 4.05. The number of amides is 3. The predicted octanol–water partition coefficient (Wildman–Crippen LogP) is 3.44. The first-order chi connectivity index (χ1) is 12.8. The molecule has 2 heterocycles. The van der Waals surface area contributed by atoms with E-state index in [1.807, 2.05) is 13.8 Å². The molecule has 7 heteroatoms. The van der Waals surface area contributed by atoms with Crippen LogP contribution in [0.4, 0.5) is 5.69 Å². The Morgan fingerprint density at radius 2 is 1.67 bits per heavy atom. The molecule has 0 saturated carbocycles. The standard InChI is InChI=1S/C20H17ClN2O4/c1-20(2)11-27-22(19(20)26)10-12-3-6-14(7-4-12)23-17(24)15-8-5-13(21)9-16(15)18(23)25/h3-9H,10-11H2,1-2H3. The van der Waals surface area contributed by atoms with Crippen LogP contribution in [0.25, 0.3) is 0 Å². The number of imide groups is 1. The molecule has 0 radical (unpaired) electrons. The average molecular weight is 385 g/mol. The Balaban J connectivity index is 1.54. The van der Waals surface area contributed by atoms with E-state index in [0.717, 1.165) is 10.5 Å². The number of carbonyl (C=O) groups is 3. The zero-order chi connectivity index (χ0) is 19.3. The molecule has 2 aliphatic rings. The molecule has 0 atom stereocenters. The van der Waals surface area contributed by atoms with Gasteiger partial charge in [-0.1, -0.05) is 23.7 Å². The Labute approximate surface area is 161 Å². The number of halogens is 1. The second-order valence-corrected chi connectivity index (χ2v) is 7.74. The highest BCUT2D eigenvalue weighted by atomic mass is 35.5. The highest BCUT2D eigenvalue weighted by Crippen LogP contribution is 2.31. The molecular formula is C20H17ClN2O4. The van der Waals surface area contributed by atoms with Crippen molar-refractivity contribution in [3.05, 3.63) is 64.2 Å². The van der Waals surface area contributed by atoms with Gasteiger partial charge in [0.05, 0.1) is 35.4 Å². The van der Waals surface area contributed by atoms with E-state index < -0.39 is 11.3 Å². The second-order valence-electron chi connectivity index (χ2n) is 7.30. The van der Waals surface area contributed by atoms with Gasteiger partial charge in [-0.05, 0) is 49.7 Å². The average Bonchev–Trinajstić information content (AvgIpc) is 3.03. The Morgan fingerprint density at radius 1 is 1.00 bits per heavy atom. The highest BCUT2D eigenvalue weighted by Gasteiger charge is 2.40. The van der Waals surface area contributed by atoms with E-state index in [1.54, 1.807) is 36.4 Å².